The number of nitrogens with two attached hydrogens (primary N) is 1. The van der Waals surface area contributed by atoms with E-state index in [4.69, 9.17) is 13.3 Å². The maximum Gasteiger partial charge on any atom is 0.506 e. The second-order valence-corrected chi connectivity index (χ2v) is 10.5. The largest absolute Gasteiger partial charge is 0.748 e. The van der Waals surface area contributed by atoms with Gasteiger partial charge in [0.25, 0.3) is 0 Å². The first-order chi connectivity index (χ1) is 9.14. The minimum Gasteiger partial charge on any atom is -0.748 e. The summed E-state index contributed by atoms with van der Waals surface area (Å²) < 4.78 is 47.8. The lowest BCUT2D eigenvalue weighted by Gasteiger charge is -2.38. The summed E-state index contributed by atoms with van der Waals surface area (Å²) in [5, 5.41) is 1.75. The molecule has 7 nitrogen and oxygen atoms in total. The van der Waals surface area contributed by atoms with Crippen molar-refractivity contribution in [2.45, 2.75) is 31.7 Å². The van der Waals surface area contributed by atoms with E-state index in [0.29, 0.717) is 13.0 Å². The van der Waals surface area contributed by atoms with Crippen LogP contribution in [0.25, 0.3) is 0 Å². The highest BCUT2D eigenvalue weighted by Gasteiger charge is 2.53. The van der Waals surface area contributed by atoms with Crippen LogP contribution in [0.4, 0.5) is 0 Å². The Kier molecular flexibility index (Phi) is 8.41. The molecule has 0 heterocycles. The van der Waals surface area contributed by atoms with Crippen LogP contribution in [0, 0.1) is 0 Å². The van der Waals surface area contributed by atoms with Gasteiger partial charge >= 0.3 is 8.80 Å². The maximum atomic E-state index is 10.5. The Hall–Kier alpha value is -0.0331. The molecular weight excluding hydrogens is 302 g/mol. The molecule has 0 aliphatic heterocycles. The Morgan fingerprint density at radius 2 is 1.60 bits per heavy atom. The summed E-state index contributed by atoms with van der Waals surface area (Å²) in [5.74, 6) is -0.306. The molecule has 0 aromatic rings. The van der Waals surface area contributed by atoms with E-state index < -0.39 is 18.9 Å². The third kappa shape index (κ3) is 6.16. The molecule has 20 heavy (non-hydrogen) atoms. The van der Waals surface area contributed by atoms with Crippen LogP contribution in [-0.2, 0) is 23.4 Å². The van der Waals surface area contributed by atoms with E-state index >= 15 is 0 Å². The molecule has 0 aliphatic rings. The highest BCUT2D eigenvalue weighted by molar-refractivity contribution is 7.85. The predicted octanol–water partition coefficient (Wildman–Crippen LogP) is -0.466. The van der Waals surface area contributed by atoms with Gasteiger partial charge in [-0.25, -0.2) is 8.42 Å². The second kappa shape index (κ2) is 8.42. The van der Waals surface area contributed by atoms with Crippen molar-refractivity contribution in [1.82, 2.24) is 0 Å². The van der Waals surface area contributed by atoms with E-state index in [9.17, 15) is 13.0 Å². The summed E-state index contributed by atoms with van der Waals surface area (Å²) >= 11 is 0. The topological polar surface area (TPSA) is 102 Å². The summed E-state index contributed by atoms with van der Waals surface area (Å²) in [4.78, 5) is 0. The molecule has 0 atom stereocenters. The van der Waals surface area contributed by atoms with Crippen LogP contribution in [0.5, 0.6) is 0 Å². The van der Waals surface area contributed by atoms with Crippen LogP contribution in [0.15, 0.2) is 0 Å². The number of quaternary nitrogens is 1. The normalized spacial score (nSPS) is 13.7. The molecule has 0 amide bonds. The maximum absolute atomic E-state index is 10.5. The highest BCUT2D eigenvalue weighted by atomic mass is 32.2. The standard InChI is InChI=1S/C11H27NO6SSi/c1-11(2,20(16-3,17-4)18-5)7-9-12-8-6-10-19(13,14)15/h12H,6-10H2,1-5H3,(H,13,14,15). The van der Waals surface area contributed by atoms with E-state index in [-0.39, 0.29) is 10.8 Å². The van der Waals surface area contributed by atoms with Crippen LogP contribution < -0.4 is 5.32 Å². The lowest BCUT2D eigenvalue weighted by Crippen LogP contribution is -2.85. The Morgan fingerprint density at radius 3 is 2.00 bits per heavy atom. The molecule has 0 aromatic heterocycles. The van der Waals surface area contributed by atoms with Crippen LogP contribution in [0.2, 0.25) is 5.04 Å². The lowest BCUT2D eigenvalue weighted by molar-refractivity contribution is -0.655. The van der Waals surface area contributed by atoms with Crippen molar-refractivity contribution in [2.24, 2.45) is 0 Å². The fourth-order valence-corrected chi connectivity index (χ4v) is 5.37. The first-order valence-corrected chi connectivity index (χ1v) is 9.85. The molecule has 0 unspecified atom stereocenters. The van der Waals surface area contributed by atoms with E-state index in [0.717, 1.165) is 13.0 Å². The zero-order valence-electron chi connectivity index (χ0n) is 13.0. The molecule has 0 saturated heterocycles. The van der Waals surface area contributed by atoms with Crippen LogP contribution >= 0.6 is 0 Å². The van der Waals surface area contributed by atoms with Gasteiger partial charge in [0, 0.05) is 45.0 Å². The van der Waals surface area contributed by atoms with Crippen molar-refractivity contribution in [3.8, 4) is 0 Å². The zero-order valence-corrected chi connectivity index (χ0v) is 14.8. The molecule has 122 valence electrons. The fourth-order valence-electron chi connectivity index (χ4n) is 2.24. The predicted molar refractivity (Wildman–Crippen MR) is 76.3 cm³/mol. The van der Waals surface area contributed by atoms with Gasteiger partial charge in [-0.05, 0) is 0 Å². The zero-order chi connectivity index (χ0) is 15.9. The summed E-state index contributed by atoms with van der Waals surface area (Å²) in [5.41, 5.74) is 0. The Balaban J connectivity index is 4.16. The molecule has 0 bridgehead atoms. The number of hydrogen-bond donors (Lipinski definition) is 1. The second-order valence-electron chi connectivity index (χ2n) is 5.28. The summed E-state index contributed by atoms with van der Waals surface area (Å²) in [6, 6.07) is 0. The van der Waals surface area contributed by atoms with Gasteiger partial charge in [-0.1, -0.05) is 13.8 Å². The first-order valence-electron chi connectivity index (χ1n) is 6.55. The van der Waals surface area contributed by atoms with Gasteiger partial charge in [-0.2, -0.15) is 0 Å². The lowest BCUT2D eigenvalue weighted by atomic mass is 10.1. The molecule has 0 aromatic carbocycles. The third-order valence-electron chi connectivity index (χ3n) is 3.41. The average Bonchev–Trinajstić information content (AvgIpc) is 2.35. The molecular formula is C11H27NO6SSi. The summed E-state index contributed by atoms with van der Waals surface area (Å²) in [7, 11) is -2.05. The van der Waals surface area contributed by atoms with Crippen molar-refractivity contribution in [1.29, 1.82) is 0 Å². The van der Waals surface area contributed by atoms with Crippen LogP contribution in [-0.4, -0.2) is 61.9 Å². The molecule has 0 radical (unpaired) electrons. The van der Waals surface area contributed by atoms with Gasteiger partial charge < -0.3 is 23.1 Å². The number of rotatable bonds is 11. The summed E-state index contributed by atoms with van der Waals surface area (Å²) in [6.45, 7) is 5.47. The SMILES string of the molecule is CO[Si](OC)(OC)C(C)(C)CC[NH2+]CCCS(=O)(=O)[O-]. The van der Waals surface area contributed by atoms with Gasteiger partial charge in [0.2, 0.25) is 0 Å². The van der Waals surface area contributed by atoms with Crippen molar-refractivity contribution < 1.29 is 31.6 Å². The van der Waals surface area contributed by atoms with Crippen molar-refractivity contribution in [3.63, 3.8) is 0 Å². The van der Waals surface area contributed by atoms with E-state index in [1.54, 1.807) is 21.3 Å². The van der Waals surface area contributed by atoms with Crippen molar-refractivity contribution in [3.05, 3.63) is 0 Å². The average molecular weight is 329 g/mol. The smallest absolute Gasteiger partial charge is 0.506 e. The molecule has 2 N–H and O–H groups in total. The van der Waals surface area contributed by atoms with E-state index in [1.807, 2.05) is 19.2 Å². The quantitative estimate of drug-likeness (QED) is 0.312. The van der Waals surface area contributed by atoms with Gasteiger partial charge in [-0.15, -0.1) is 0 Å². The van der Waals surface area contributed by atoms with Crippen LogP contribution in [0.3, 0.4) is 0 Å². The monoisotopic (exact) mass is 329 g/mol. The van der Waals surface area contributed by atoms with Crippen molar-refractivity contribution >= 4 is 18.9 Å². The van der Waals surface area contributed by atoms with Gasteiger partial charge in [-0.3, -0.25) is 0 Å². The number of hydrogen-bond acceptors (Lipinski definition) is 6. The third-order valence-corrected chi connectivity index (χ3v) is 7.72. The molecule has 0 rings (SSSR count). The Morgan fingerprint density at radius 1 is 1.10 bits per heavy atom. The minimum absolute atomic E-state index is 0.244. The van der Waals surface area contributed by atoms with Crippen LogP contribution in [0.1, 0.15) is 26.7 Å². The molecule has 9 heteroatoms. The fraction of sp³-hybridized carbons (Fsp3) is 1.00. The molecule has 0 aliphatic carbocycles. The Labute approximate surface area is 123 Å². The van der Waals surface area contributed by atoms with E-state index in [1.165, 1.54) is 0 Å². The molecule has 0 saturated carbocycles. The van der Waals surface area contributed by atoms with Gasteiger partial charge in [0.1, 0.15) is 0 Å². The minimum atomic E-state index is -4.10. The Bertz CT molecular complexity index is 361. The van der Waals surface area contributed by atoms with Gasteiger partial charge in [0.05, 0.1) is 23.2 Å². The molecule has 0 spiro atoms. The summed E-state index contributed by atoms with van der Waals surface area (Å²) in [6.07, 6.45) is 1.17. The van der Waals surface area contributed by atoms with Gasteiger partial charge in [0.15, 0.2) is 0 Å². The highest BCUT2D eigenvalue weighted by Crippen LogP contribution is 2.40. The van der Waals surface area contributed by atoms with Crippen molar-refractivity contribution in [2.75, 3.05) is 40.2 Å². The first kappa shape index (κ1) is 20.0. The van der Waals surface area contributed by atoms with E-state index in [2.05, 4.69) is 0 Å². The molecule has 0 fully saturated rings.